The molecule has 0 N–H and O–H groups in total. The van der Waals surface area contributed by atoms with Crippen molar-refractivity contribution < 1.29 is 4.79 Å². The molecule has 2 aromatic rings. The molecule has 0 bridgehead atoms. The molecule has 1 saturated heterocycles. The van der Waals surface area contributed by atoms with E-state index in [2.05, 4.69) is 19.1 Å². The first-order valence-electron chi connectivity index (χ1n) is 6.84. The Balaban J connectivity index is 1.80. The third-order valence-electron chi connectivity index (χ3n) is 3.49. The molecule has 1 amide bonds. The molecule has 110 valence electrons. The fourth-order valence-electron chi connectivity index (χ4n) is 2.43. The van der Waals surface area contributed by atoms with Gasteiger partial charge in [0.15, 0.2) is 0 Å². The van der Waals surface area contributed by atoms with Crippen LogP contribution in [0.4, 0.5) is 0 Å². The Morgan fingerprint density at radius 2 is 2.05 bits per heavy atom. The maximum atomic E-state index is 12.7. The van der Waals surface area contributed by atoms with Crippen LogP contribution < -0.4 is 0 Å². The fourth-order valence-corrected chi connectivity index (χ4v) is 5.08. The summed E-state index contributed by atoms with van der Waals surface area (Å²) in [7, 11) is 0. The smallest absolute Gasteiger partial charge is 0.246 e. The molecule has 3 rings (SSSR count). The summed E-state index contributed by atoms with van der Waals surface area (Å²) in [5.41, 5.74) is 0.863. The van der Waals surface area contributed by atoms with Gasteiger partial charge in [-0.05, 0) is 24.6 Å². The second kappa shape index (κ2) is 6.42. The van der Waals surface area contributed by atoms with E-state index in [4.69, 9.17) is 11.6 Å². The minimum absolute atomic E-state index is 0.00363. The normalized spacial score (nSPS) is 19.7. The molecule has 1 fully saturated rings. The van der Waals surface area contributed by atoms with Gasteiger partial charge in [-0.2, -0.15) is 0 Å². The van der Waals surface area contributed by atoms with Gasteiger partial charge in [-0.25, -0.2) is 0 Å². The second-order valence-corrected chi connectivity index (χ2v) is 7.92. The average molecular weight is 338 g/mol. The van der Waals surface area contributed by atoms with E-state index in [-0.39, 0.29) is 11.3 Å². The van der Waals surface area contributed by atoms with Gasteiger partial charge in [-0.15, -0.1) is 34.7 Å². The van der Waals surface area contributed by atoms with E-state index in [0.717, 1.165) is 17.9 Å². The quantitative estimate of drug-likeness (QED) is 0.762. The van der Waals surface area contributed by atoms with Crippen LogP contribution in [0.15, 0.2) is 42.5 Å². The highest BCUT2D eigenvalue weighted by atomic mass is 35.5. The number of alkyl halides is 1. The second-order valence-electron chi connectivity index (χ2n) is 4.98. The molecule has 0 aliphatic carbocycles. The number of halogens is 1. The molecular weight excluding hydrogens is 322 g/mol. The minimum atomic E-state index is -0.603. The molecule has 0 radical (unpaired) electrons. The number of thioether (sulfide) groups is 1. The molecule has 0 spiro atoms. The molecule has 2 nitrogen and oxygen atoms in total. The van der Waals surface area contributed by atoms with E-state index in [1.165, 1.54) is 9.75 Å². The number of benzene rings is 1. The summed E-state index contributed by atoms with van der Waals surface area (Å²) in [4.78, 5) is 17.1. The van der Waals surface area contributed by atoms with Gasteiger partial charge >= 0.3 is 0 Å². The largest absolute Gasteiger partial charge is 0.323 e. The third kappa shape index (κ3) is 3.12. The first kappa shape index (κ1) is 14.9. The van der Waals surface area contributed by atoms with Crippen LogP contribution in [0.25, 0.3) is 0 Å². The Bertz CT molecular complexity index is 628. The van der Waals surface area contributed by atoms with Gasteiger partial charge in [0.25, 0.3) is 0 Å². The van der Waals surface area contributed by atoms with Crippen molar-refractivity contribution in [3.05, 3.63) is 57.8 Å². The number of amides is 1. The van der Waals surface area contributed by atoms with Crippen LogP contribution in [-0.2, 0) is 4.79 Å². The van der Waals surface area contributed by atoms with Crippen molar-refractivity contribution in [1.82, 2.24) is 4.90 Å². The lowest BCUT2D eigenvalue weighted by Crippen LogP contribution is -2.32. The number of hydrogen-bond acceptors (Lipinski definition) is 3. The van der Waals surface area contributed by atoms with Gasteiger partial charge in [-0.3, -0.25) is 4.79 Å². The van der Waals surface area contributed by atoms with Crippen molar-refractivity contribution in [3.63, 3.8) is 0 Å². The third-order valence-corrected chi connectivity index (χ3v) is 6.37. The maximum Gasteiger partial charge on any atom is 0.246 e. The molecule has 2 unspecified atom stereocenters. The zero-order valence-corrected chi connectivity index (χ0v) is 14.0. The molecule has 5 heteroatoms. The number of rotatable bonds is 3. The highest BCUT2D eigenvalue weighted by Crippen LogP contribution is 2.42. The number of carbonyl (C=O) groups is 1. The summed E-state index contributed by atoms with van der Waals surface area (Å²) in [6.07, 6.45) is 0. The first-order chi connectivity index (χ1) is 10.2. The van der Waals surface area contributed by atoms with Gasteiger partial charge < -0.3 is 4.90 Å². The Kier molecular flexibility index (Phi) is 4.57. The van der Waals surface area contributed by atoms with E-state index in [1.807, 2.05) is 47.0 Å². The molecule has 1 aliphatic heterocycles. The Morgan fingerprint density at radius 3 is 2.71 bits per heavy atom. The van der Waals surface area contributed by atoms with E-state index < -0.39 is 5.38 Å². The van der Waals surface area contributed by atoms with Gasteiger partial charge in [0.05, 0.1) is 0 Å². The lowest BCUT2D eigenvalue weighted by atomic mass is 10.1. The fraction of sp³-hybridized carbons (Fsp3) is 0.312. The van der Waals surface area contributed by atoms with Crippen molar-refractivity contribution in [2.45, 2.75) is 17.7 Å². The molecule has 1 aromatic heterocycles. The Hall–Kier alpha value is -0.970. The lowest BCUT2D eigenvalue weighted by Gasteiger charge is -2.25. The van der Waals surface area contributed by atoms with Gasteiger partial charge in [-0.1, -0.05) is 30.3 Å². The lowest BCUT2D eigenvalue weighted by molar-refractivity contribution is -0.131. The molecule has 2 atom stereocenters. The molecule has 1 aliphatic rings. The predicted octanol–water partition coefficient (Wildman–Crippen LogP) is 4.61. The monoisotopic (exact) mass is 337 g/mol. The molecule has 21 heavy (non-hydrogen) atoms. The Labute approximate surface area is 138 Å². The van der Waals surface area contributed by atoms with Gasteiger partial charge in [0, 0.05) is 22.1 Å². The van der Waals surface area contributed by atoms with E-state index in [0.29, 0.717) is 0 Å². The SMILES string of the molecule is Cc1ccc(C2SCCN2C(=O)C(Cl)c2ccccc2)s1. The number of aryl methyl sites for hydroxylation is 1. The highest BCUT2D eigenvalue weighted by molar-refractivity contribution is 7.99. The van der Waals surface area contributed by atoms with E-state index >= 15 is 0 Å². The zero-order chi connectivity index (χ0) is 14.8. The van der Waals surface area contributed by atoms with Crippen molar-refractivity contribution in [3.8, 4) is 0 Å². The average Bonchev–Trinajstić information content (AvgIpc) is 3.15. The summed E-state index contributed by atoms with van der Waals surface area (Å²) in [6.45, 7) is 2.86. The van der Waals surface area contributed by atoms with Crippen molar-refractivity contribution in [2.75, 3.05) is 12.3 Å². The van der Waals surface area contributed by atoms with Crippen molar-refractivity contribution in [1.29, 1.82) is 0 Å². The summed E-state index contributed by atoms with van der Waals surface area (Å²) in [5.74, 6) is 0.968. The van der Waals surface area contributed by atoms with Gasteiger partial charge in [0.1, 0.15) is 10.8 Å². The van der Waals surface area contributed by atoms with Crippen molar-refractivity contribution in [2.24, 2.45) is 0 Å². The summed E-state index contributed by atoms with van der Waals surface area (Å²) < 4.78 is 0. The maximum absolute atomic E-state index is 12.7. The highest BCUT2D eigenvalue weighted by Gasteiger charge is 2.35. The molecular formula is C16H16ClNOS2. The topological polar surface area (TPSA) is 20.3 Å². The van der Waals surface area contributed by atoms with E-state index in [9.17, 15) is 4.79 Å². The molecule has 1 aromatic carbocycles. The number of nitrogens with zero attached hydrogens (tertiary/aromatic N) is 1. The number of hydrogen-bond donors (Lipinski definition) is 0. The number of thiophene rings is 1. The standard InChI is InChI=1S/C16H16ClNOS2/c1-11-7-8-13(21-11)16-18(9-10-20-16)15(19)14(17)12-5-3-2-4-6-12/h2-8,14,16H,9-10H2,1H3. The van der Waals surface area contributed by atoms with Crippen LogP contribution in [0.1, 0.15) is 26.1 Å². The predicted molar refractivity (Wildman–Crippen MR) is 91.0 cm³/mol. The van der Waals surface area contributed by atoms with Gasteiger partial charge in [0.2, 0.25) is 5.91 Å². The first-order valence-corrected chi connectivity index (χ1v) is 9.14. The molecule has 0 saturated carbocycles. The van der Waals surface area contributed by atoms with Crippen LogP contribution >= 0.6 is 34.7 Å². The van der Waals surface area contributed by atoms with Crippen molar-refractivity contribution >= 4 is 40.6 Å². The van der Waals surface area contributed by atoms with E-state index in [1.54, 1.807) is 11.3 Å². The van der Waals surface area contributed by atoms with Crippen LogP contribution in [0.5, 0.6) is 0 Å². The summed E-state index contributed by atoms with van der Waals surface area (Å²) in [6, 6.07) is 13.8. The molecule has 2 heterocycles. The summed E-state index contributed by atoms with van der Waals surface area (Å²) in [5, 5.41) is -0.491. The van der Waals surface area contributed by atoms with Crippen LogP contribution in [0, 0.1) is 6.92 Å². The minimum Gasteiger partial charge on any atom is -0.323 e. The van der Waals surface area contributed by atoms with Crippen LogP contribution in [0.2, 0.25) is 0 Å². The van der Waals surface area contributed by atoms with Crippen LogP contribution in [0.3, 0.4) is 0 Å². The van der Waals surface area contributed by atoms with Crippen LogP contribution in [-0.4, -0.2) is 23.1 Å². The zero-order valence-electron chi connectivity index (χ0n) is 11.7. The summed E-state index contributed by atoms with van der Waals surface area (Å²) >= 11 is 9.97. The Morgan fingerprint density at radius 1 is 1.29 bits per heavy atom. The number of carbonyl (C=O) groups excluding carboxylic acids is 1.